The molecule has 21 heavy (non-hydrogen) atoms. The van der Waals surface area contributed by atoms with Crippen molar-refractivity contribution in [1.82, 2.24) is 0 Å². The Balaban J connectivity index is 2.89. The maximum Gasteiger partial charge on any atom is 0.303 e. The van der Waals surface area contributed by atoms with Gasteiger partial charge in [0.1, 0.15) is 0 Å². The lowest BCUT2D eigenvalue weighted by Crippen LogP contribution is -2.21. The third-order valence-electron chi connectivity index (χ3n) is 3.60. The Morgan fingerprint density at radius 3 is 2.00 bits per heavy atom. The third-order valence-corrected chi connectivity index (χ3v) is 5.35. The molecule has 0 aliphatic carbocycles. The Bertz CT molecular complexity index is 518. The monoisotopic (exact) mass is 306 g/mol. The molecule has 0 saturated carbocycles. The van der Waals surface area contributed by atoms with E-state index in [0.29, 0.717) is 12.8 Å². The fourth-order valence-electron chi connectivity index (χ4n) is 2.50. The van der Waals surface area contributed by atoms with Gasteiger partial charge in [0.25, 0.3) is 0 Å². The van der Waals surface area contributed by atoms with E-state index in [1.807, 2.05) is 26.0 Å². The van der Waals surface area contributed by atoms with Crippen molar-refractivity contribution in [3.8, 4) is 0 Å². The van der Waals surface area contributed by atoms with Gasteiger partial charge in [0.15, 0.2) is 5.78 Å². The number of rotatable bonds is 7. The SMILES string of the molecule is Cc1cc(CCC(=O)O)cc(C)c1C(=O)CC[Si](C)(C)C. The molecule has 0 saturated heterocycles. The van der Waals surface area contributed by atoms with Crippen LogP contribution in [-0.4, -0.2) is 24.9 Å². The molecule has 116 valence electrons. The Morgan fingerprint density at radius 2 is 1.57 bits per heavy atom. The van der Waals surface area contributed by atoms with Crippen LogP contribution >= 0.6 is 0 Å². The number of carboxylic acid groups (broad SMARTS) is 1. The Kier molecular flexibility index (Phi) is 5.90. The largest absolute Gasteiger partial charge is 0.481 e. The molecule has 0 atom stereocenters. The summed E-state index contributed by atoms with van der Waals surface area (Å²) in [6.07, 6.45) is 1.26. The van der Waals surface area contributed by atoms with Crippen LogP contribution in [0.3, 0.4) is 0 Å². The molecule has 0 aromatic heterocycles. The van der Waals surface area contributed by atoms with Crippen molar-refractivity contribution in [3.63, 3.8) is 0 Å². The van der Waals surface area contributed by atoms with Crippen molar-refractivity contribution >= 4 is 19.8 Å². The lowest BCUT2D eigenvalue weighted by atomic mass is 9.94. The first-order chi connectivity index (χ1) is 9.60. The second-order valence-electron chi connectivity index (χ2n) is 6.98. The summed E-state index contributed by atoms with van der Waals surface area (Å²) < 4.78 is 0. The van der Waals surface area contributed by atoms with Crippen LogP contribution in [0.1, 0.15) is 39.9 Å². The zero-order valence-electron chi connectivity index (χ0n) is 13.7. The number of hydrogen-bond donors (Lipinski definition) is 1. The van der Waals surface area contributed by atoms with E-state index >= 15 is 0 Å². The summed E-state index contributed by atoms with van der Waals surface area (Å²) in [6, 6.07) is 4.92. The second kappa shape index (κ2) is 7.03. The molecule has 0 unspecified atom stereocenters. The number of ketones is 1. The highest BCUT2D eigenvalue weighted by Crippen LogP contribution is 2.22. The van der Waals surface area contributed by atoms with Crippen molar-refractivity contribution in [3.05, 3.63) is 34.4 Å². The van der Waals surface area contributed by atoms with E-state index in [2.05, 4.69) is 19.6 Å². The van der Waals surface area contributed by atoms with Gasteiger partial charge in [-0.05, 0) is 37.0 Å². The van der Waals surface area contributed by atoms with Gasteiger partial charge in [-0.2, -0.15) is 0 Å². The van der Waals surface area contributed by atoms with Crippen LogP contribution in [0.5, 0.6) is 0 Å². The molecule has 0 radical (unpaired) electrons. The van der Waals surface area contributed by atoms with Gasteiger partial charge in [0.2, 0.25) is 0 Å². The number of aryl methyl sites for hydroxylation is 3. The van der Waals surface area contributed by atoms with E-state index in [1.165, 1.54) is 0 Å². The molecule has 0 aliphatic heterocycles. The molecule has 1 rings (SSSR count). The Labute approximate surface area is 128 Å². The van der Waals surface area contributed by atoms with Crippen molar-refractivity contribution < 1.29 is 14.7 Å². The highest BCUT2D eigenvalue weighted by atomic mass is 28.3. The highest BCUT2D eigenvalue weighted by Gasteiger charge is 2.18. The molecule has 0 amide bonds. The number of carbonyl (C=O) groups excluding carboxylic acids is 1. The van der Waals surface area contributed by atoms with Crippen LogP contribution < -0.4 is 0 Å². The first-order valence-electron chi connectivity index (χ1n) is 7.45. The summed E-state index contributed by atoms with van der Waals surface area (Å²) in [5.41, 5.74) is 3.76. The third kappa shape index (κ3) is 5.84. The predicted octanol–water partition coefficient (Wildman–Crippen LogP) is 4.23. The van der Waals surface area contributed by atoms with Gasteiger partial charge in [-0.3, -0.25) is 9.59 Å². The maximum absolute atomic E-state index is 12.4. The highest BCUT2D eigenvalue weighted by molar-refractivity contribution is 6.76. The number of aliphatic carboxylic acids is 1. The molecule has 3 nitrogen and oxygen atoms in total. The van der Waals surface area contributed by atoms with E-state index in [4.69, 9.17) is 5.11 Å². The predicted molar refractivity (Wildman–Crippen MR) is 89.0 cm³/mol. The number of carbonyl (C=O) groups is 2. The minimum Gasteiger partial charge on any atom is -0.481 e. The van der Waals surface area contributed by atoms with Gasteiger partial charge in [-0.25, -0.2) is 0 Å². The van der Waals surface area contributed by atoms with Crippen LogP contribution in [0.4, 0.5) is 0 Å². The zero-order valence-corrected chi connectivity index (χ0v) is 14.7. The van der Waals surface area contributed by atoms with Crippen LogP contribution in [0.25, 0.3) is 0 Å². The minimum atomic E-state index is -1.21. The molecular weight excluding hydrogens is 280 g/mol. The molecule has 0 bridgehead atoms. The average Bonchev–Trinajstić information content (AvgIpc) is 2.32. The average molecular weight is 306 g/mol. The lowest BCUT2D eigenvalue weighted by molar-refractivity contribution is -0.136. The first-order valence-corrected chi connectivity index (χ1v) is 11.2. The molecule has 4 heteroatoms. The van der Waals surface area contributed by atoms with Gasteiger partial charge in [-0.1, -0.05) is 37.8 Å². The Morgan fingerprint density at radius 1 is 1.05 bits per heavy atom. The molecular formula is C17H26O3Si. The lowest BCUT2D eigenvalue weighted by Gasteiger charge is -2.16. The van der Waals surface area contributed by atoms with Gasteiger partial charge >= 0.3 is 5.97 Å². The zero-order chi connectivity index (χ0) is 16.2. The van der Waals surface area contributed by atoms with Crippen LogP contribution in [0, 0.1) is 13.8 Å². The second-order valence-corrected chi connectivity index (χ2v) is 12.6. The van der Waals surface area contributed by atoms with Crippen molar-refractivity contribution in [2.75, 3.05) is 0 Å². The first kappa shape index (κ1) is 17.6. The molecule has 1 aromatic carbocycles. The summed E-state index contributed by atoms with van der Waals surface area (Å²) in [6.45, 7) is 10.7. The van der Waals surface area contributed by atoms with Crippen molar-refractivity contribution in [1.29, 1.82) is 0 Å². The summed E-state index contributed by atoms with van der Waals surface area (Å²) in [5.74, 6) is -0.571. The van der Waals surface area contributed by atoms with E-state index in [0.717, 1.165) is 28.3 Å². The number of carboxylic acids is 1. The van der Waals surface area contributed by atoms with E-state index in [-0.39, 0.29) is 12.2 Å². The van der Waals surface area contributed by atoms with Crippen LogP contribution in [0.2, 0.25) is 25.7 Å². The van der Waals surface area contributed by atoms with Crippen LogP contribution in [-0.2, 0) is 11.2 Å². The van der Waals surface area contributed by atoms with E-state index in [1.54, 1.807) is 0 Å². The number of benzene rings is 1. The Hall–Kier alpha value is -1.42. The molecule has 0 fully saturated rings. The topological polar surface area (TPSA) is 54.4 Å². The van der Waals surface area contributed by atoms with E-state index < -0.39 is 14.0 Å². The summed E-state index contributed by atoms with van der Waals surface area (Å²) in [5, 5.41) is 8.75. The van der Waals surface area contributed by atoms with Gasteiger partial charge in [0, 0.05) is 26.5 Å². The summed E-state index contributed by atoms with van der Waals surface area (Å²) in [7, 11) is -1.21. The fourth-order valence-corrected chi connectivity index (χ4v) is 3.48. The van der Waals surface area contributed by atoms with E-state index in [9.17, 15) is 9.59 Å². The molecule has 0 spiro atoms. The maximum atomic E-state index is 12.4. The summed E-state index contributed by atoms with van der Waals surface area (Å²) in [4.78, 5) is 23.1. The minimum absolute atomic E-state index is 0.127. The van der Waals surface area contributed by atoms with Crippen LogP contribution in [0.15, 0.2) is 12.1 Å². The molecule has 1 aromatic rings. The smallest absolute Gasteiger partial charge is 0.303 e. The summed E-state index contributed by atoms with van der Waals surface area (Å²) >= 11 is 0. The van der Waals surface area contributed by atoms with Gasteiger partial charge in [0.05, 0.1) is 0 Å². The fraction of sp³-hybridized carbons (Fsp3) is 0.529. The normalized spacial score (nSPS) is 11.5. The molecule has 0 aliphatic rings. The van der Waals surface area contributed by atoms with Gasteiger partial charge < -0.3 is 5.11 Å². The number of Topliss-reactive ketones (excluding diaryl/α,β-unsaturated/α-hetero) is 1. The molecule has 0 heterocycles. The number of hydrogen-bond acceptors (Lipinski definition) is 2. The van der Waals surface area contributed by atoms with Gasteiger partial charge in [-0.15, -0.1) is 0 Å². The van der Waals surface area contributed by atoms with Crippen molar-refractivity contribution in [2.45, 2.75) is 58.8 Å². The molecule has 1 N–H and O–H groups in total. The van der Waals surface area contributed by atoms with Crippen molar-refractivity contribution in [2.24, 2.45) is 0 Å². The standard InChI is InChI=1S/C17H26O3Si/c1-12-10-14(6-7-16(19)20)11-13(2)17(12)15(18)8-9-21(3,4)5/h10-11H,6-9H2,1-5H3,(H,19,20). The quantitative estimate of drug-likeness (QED) is 0.606.